The van der Waals surface area contributed by atoms with E-state index in [1.165, 1.54) is 6.08 Å². The van der Waals surface area contributed by atoms with Gasteiger partial charge in [0.15, 0.2) is 0 Å². The summed E-state index contributed by atoms with van der Waals surface area (Å²) in [7, 11) is 0. The van der Waals surface area contributed by atoms with Gasteiger partial charge in [0.2, 0.25) is 0 Å². The third kappa shape index (κ3) is 7.99. The molecule has 0 heterocycles. The molecule has 0 radical (unpaired) electrons. The van der Waals surface area contributed by atoms with E-state index in [0.717, 1.165) is 6.08 Å². The minimum atomic E-state index is -1.01. The van der Waals surface area contributed by atoms with Gasteiger partial charge in [-0.05, 0) is 27.7 Å². The lowest BCUT2D eigenvalue weighted by molar-refractivity contribution is -0.156. The molecule has 0 aromatic rings. The topological polar surface area (TPSA) is 75.6 Å². The highest BCUT2D eigenvalue weighted by molar-refractivity contribution is 5.79. The molecule has 2 N–H and O–H groups in total. The van der Waals surface area contributed by atoms with Crippen molar-refractivity contribution in [2.75, 3.05) is 6.54 Å². The largest absolute Gasteiger partial charge is 0.478 e. The highest BCUT2D eigenvalue weighted by atomic mass is 16.6. The van der Waals surface area contributed by atoms with Crippen molar-refractivity contribution in [2.24, 2.45) is 0 Å². The number of ether oxygens (including phenoxy) is 1. The molecule has 0 aliphatic rings. The molecule has 0 saturated carbocycles. The van der Waals surface area contributed by atoms with E-state index < -0.39 is 17.6 Å². The molecule has 0 aromatic heterocycles. The average Bonchev–Trinajstić information content (AvgIpc) is 2.08. The first-order chi connectivity index (χ1) is 7.22. The number of hydrogen-bond acceptors (Lipinski definition) is 4. The van der Waals surface area contributed by atoms with E-state index in [1.807, 2.05) is 0 Å². The molecule has 0 fully saturated rings. The maximum absolute atomic E-state index is 11.5. The molecular formula is C11H19NO4. The van der Waals surface area contributed by atoms with Gasteiger partial charge in [-0.2, -0.15) is 0 Å². The van der Waals surface area contributed by atoms with Gasteiger partial charge in [0, 0.05) is 12.6 Å². The van der Waals surface area contributed by atoms with Crippen molar-refractivity contribution >= 4 is 11.9 Å². The van der Waals surface area contributed by atoms with Crippen molar-refractivity contribution < 1.29 is 19.4 Å². The fourth-order valence-electron chi connectivity index (χ4n) is 0.878. The Hall–Kier alpha value is -1.36. The van der Waals surface area contributed by atoms with Gasteiger partial charge in [-0.25, -0.2) is 4.79 Å². The summed E-state index contributed by atoms with van der Waals surface area (Å²) in [5.74, 6) is -1.36. The summed E-state index contributed by atoms with van der Waals surface area (Å²) in [6, 6.07) is -0.460. The normalized spacial score (nSPS) is 13.8. The van der Waals surface area contributed by atoms with Crippen molar-refractivity contribution in [3.8, 4) is 0 Å². The van der Waals surface area contributed by atoms with E-state index in [4.69, 9.17) is 9.84 Å². The summed E-state index contributed by atoms with van der Waals surface area (Å²) in [6.45, 7) is 7.36. The van der Waals surface area contributed by atoms with E-state index in [9.17, 15) is 9.59 Å². The summed E-state index contributed by atoms with van der Waals surface area (Å²) in [6.07, 6.45) is 2.46. The minimum absolute atomic E-state index is 0.312. The summed E-state index contributed by atoms with van der Waals surface area (Å²) >= 11 is 0. The summed E-state index contributed by atoms with van der Waals surface area (Å²) in [5, 5.41) is 11.2. The molecule has 92 valence electrons. The predicted molar refractivity (Wildman–Crippen MR) is 60.1 cm³/mol. The molecule has 0 spiro atoms. The lowest BCUT2D eigenvalue weighted by atomic mass is 10.2. The fraction of sp³-hybridized carbons (Fsp3) is 0.636. The molecular weight excluding hydrogens is 210 g/mol. The van der Waals surface area contributed by atoms with Crippen LogP contribution in [0.3, 0.4) is 0 Å². The molecule has 0 aromatic carbocycles. The number of carbonyl (C=O) groups excluding carboxylic acids is 1. The first kappa shape index (κ1) is 14.6. The Kier molecular flexibility index (Phi) is 5.74. The average molecular weight is 229 g/mol. The summed E-state index contributed by atoms with van der Waals surface area (Å²) in [5.41, 5.74) is -0.510. The maximum Gasteiger partial charge on any atom is 0.328 e. The molecule has 0 rings (SSSR count). The second kappa shape index (κ2) is 6.27. The van der Waals surface area contributed by atoms with Crippen LogP contribution >= 0.6 is 0 Å². The van der Waals surface area contributed by atoms with Crippen LogP contribution in [0.4, 0.5) is 0 Å². The molecule has 0 aliphatic heterocycles. The maximum atomic E-state index is 11.5. The summed E-state index contributed by atoms with van der Waals surface area (Å²) < 4.78 is 5.14. The van der Waals surface area contributed by atoms with Gasteiger partial charge in [0.1, 0.15) is 11.6 Å². The number of esters is 1. The lowest BCUT2D eigenvalue weighted by Gasteiger charge is -2.22. The Labute approximate surface area is 95.5 Å². The van der Waals surface area contributed by atoms with Crippen molar-refractivity contribution in [1.82, 2.24) is 5.32 Å². The number of aliphatic carboxylic acids is 1. The second-order valence-corrected chi connectivity index (χ2v) is 4.40. The SMILES string of the molecule is C[C@H](NC/C=C/C(=O)O)C(=O)OC(C)(C)C. The Balaban J connectivity index is 3.93. The van der Waals surface area contributed by atoms with E-state index in [1.54, 1.807) is 27.7 Å². The van der Waals surface area contributed by atoms with Crippen LogP contribution in [0.25, 0.3) is 0 Å². The standard InChI is InChI=1S/C11H19NO4/c1-8(10(15)16-11(2,3)4)12-7-5-6-9(13)14/h5-6,8,12H,7H2,1-4H3,(H,13,14)/b6-5+/t8-/m0/s1. The van der Waals surface area contributed by atoms with Crippen LogP contribution in [0, 0.1) is 0 Å². The summed E-state index contributed by atoms with van der Waals surface area (Å²) in [4.78, 5) is 21.6. The Morgan fingerprint density at radius 2 is 2.00 bits per heavy atom. The van der Waals surface area contributed by atoms with Crippen LogP contribution in [0.5, 0.6) is 0 Å². The predicted octanol–water partition coefficient (Wildman–Crippen LogP) is 0.947. The number of carboxylic acid groups (broad SMARTS) is 1. The van der Waals surface area contributed by atoms with Crippen LogP contribution in [0.15, 0.2) is 12.2 Å². The number of carboxylic acids is 1. The van der Waals surface area contributed by atoms with Gasteiger partial charge < -0.3 is 15.2 Å². The third-order valence-electron chi connectivity index (χ3n) is 1.56. The number of hydrogen-bond donors (Lipinski definition) is 2. The van der Waals surface area contributed by atoms with Crippen LogP contribution in [-0.4, -0.2) is 35.2 Å². The Morgan fingerprint density at radius 3 is 2.44 bits per heavy atom. The smallest absolute Gasteiger partial charge is 0.328 e. The molecule has 0 unspecified atom stereocenters. The van der Waals surface area contributed by atoms with Gasteiger partial charge in [0.05, 0.1) is 0 Å². The fourth-order valence-corrected chi connectivity index (χ4v) is 0.878. The molecule has 0 bridgehead atoms. The van der Waals surface area contributed by atoms with Crippen molar-refractivity contribution in [1.29, 1.82) is 0 Å². The monoisotopic (exact) mass is 229 g/mol. The number of rotatable bonds is 5. The zero-order valence-electron chi connectivity index (χ0n) is 10.1. The first-order valence-corrected chi connectivity index (χ1v) is 5.08. The molecule has 0 amide bonds. The van der Waals surface area contributed by atoms with Crippen LogP contribution in [0.2, 0.25) is 0 Å². The quantitative estimate of drug-likeness (QED) is 0.542. The van der Waals surface area contributed by atoms with Crippen LogP contribution < -0.4 is 5.32 Å². The molecule has 5 heteroatoms. The van der Waals surface area contributed by atoms with Crippen molar-refractivity contribution in [3.05, 3.63) is 12.2 Å². The lowest BCUT2D eigenvalue weighted by Crippen LogP contribution is -2.39. The first-order valence-electron chi connectivity index (χ1n) is 5.08. The Morgan fingerprint density at radius 1 is 1.44 bits per heavy atom. The molecule has 0 saturated heterocycles. The van der Waals surface area contributed by atoms with Gasteiger partial charge in [-0.3, -0.25) is 4.79 Å². The van der Waals surface area contributed by atoms with Crippen molar-refractivity contribution in [3.63, 3.8) is 0 Å². The van der Waals surface area contributed by atoms with E-state index in [2.05, 4.69) is 5.32 Å². The highest BCUT2D eigenvalue weighted by Crippen LogP contribution is 2.08. The van der Waals surface area contributed by atoms with Crippen LogP contribution in [0.1, 0.15) is 27.7 Å². The van der Waals surface area contributed by atoms with Crippen LogP contribution in [-0.2, 0) is 14.3 Å². The van der Waals surface area contributed by atoms with E-state index >= 15 is 0 Å². The number of nitrogens with one attached hydrogen (secondary N) is 1. The minimum Gasteiger partial charge on any atom is -0.478 e. The Bertz CT molecular complexity index is 278. The van der Waals surface area contributed by atoms with Gasteiger partial charge in [-0.1, -0.05) is 6.08 Å². The molecule has 0 aliphatic carbocycles. The second-order valence-electron chi connectivity index (χ2n) is 4.40. The zero-order valence-corrected chi connectivity index (χ0v) is 10.1. The highest BCUT2D eigenvalue weighted by Gasteiger charge is 2.20. The van der Waals surface area contributed by atoms with E-state index in [-0.39, 0.29) is 5.97 Å². The number of carbonyl (C=O) groups is 2. The molecule has 16 heavy (non-hydrogen) atoms. The van der Waals surface area contributed by atoms with Gasteiger partial charge >= 0.3 is 11.9 Å². The molecule has 1 atom stereocenters. The zero-order chi connectivity index (χ0) is 12.8. The van der Waals surface area contributed by atoms with Crippen molar-refractivity contribution in [2.45, 2.75) is 39.3 Å². The third-order valence-corrected chi connectivity index (χ3v) is 1.56. The molecule has 5 nitrogen and oxygen atoms in total. The van der Waals surface area contributed by atoms with E-state index in [0.29, 0.717) is 6.54 Å². The van der Waals surface area contributed by atoms with Gasteiger partial charge in [0.25, 0.3) is 0 Å². The van der Waals surface area contributed by atoms with Gasteiger partial charge in [-0.15, -0.1) is 0 Å².